The van der Waals surface area contributed by atoms with E-state index in [0.29, 0.717) is 4.47 Å². The van der Waals surface area contributed by atoms with Crippen LogP contribution in [0.15, 0.2) is 16.6 Å². The van der Waals surface area contributed by atoms with Crippen molar-refractivity contribution < 1.29 is 22.7 Å². The first kappa shape index (κ1) is 13.2. The summed E-state index contributed by atoms with van der Waals surface area (Å²) >= 11 is 3.11. The summed E-state index contributed by atoms with van der Waals surface area (Å²) in [4.78, 5) is 11.0. The number of aryl methyl sites for hydroxylation is 1. The molecule has 1 atom stereocenters. The van der Waals surface area contributed by atoms with Crippen LogP contribution in [0.1, 0.15) is 17.2 Å². The number of hydrogen-bond acceptors (Lipinski definition) is 2. The van der Waals surface area contributed by atoms with Gasteiger partial charge in [-0.05, 0) is 24.6 Å². The van der Waals surface area contributed by atoms with Gasteiger partial charge in [-0.2, -0.15) is 0 Å². The molecule has 7 heteroatoms. The van der Waals surface area contributed by atoms with Gasteiger partial charge in [-0.1, -0.05) is 15.9 Å². The highest BCUT2D eigenvalue weighted by Crippen LogP contribution is 2.37. The average molecular weight is 324 g/mol. The lowest BCUT2D eigenvalue weighted by Gasteiger charge is -2.32. The van der Waals surface area contributed by atoms with Crippen molar-refractivity contribution in [1.82, 2.24) is 5.32 Å². The van der Waals surface area contributed by atoms with E-state index in [9.17, 15) is 18.0 Å². The number of cyclic esters (lactones) is 1. The predicted octanol–water partition coefficient (Wildman–Crippen LogP) is 3.31. The van der Waals surface area contributed by atoms with Gasteiger partial charge in [0.25, 0.3) is 0 Å². The minimum atomic E-state index is -3.36. The number of amides is 1. The number of halogens is 4. The zero-order valence-corrected chi connectivity index (χ0v) is 10.9. The smallest absolute Gasteiger partial charge is 0.408 e. The number of alkyl halides is 2. The maximum absolute atomic E-state index is 13.9. The zero-order valence-electron chi connectivity index (χ0n) is 9.27. The van der Waals surface area contributed by atoms with Crippen molar-refractivity contribution >= 4 is 22.0 Å². The Hall–Kier alpha value is -1.24. The second-order valence-electron chi connectivity index (χ2n) is 4.04. The lowest BCUT2D eigenvalue weighted by molar-refractivity contribution is -0.105. The predicted molar refractivity (Wildman–Crippen MR) is 61.0 cm³/mol. The molecule has 1 heterocycles. The van der Waals surface area contributed by atoms with Crippen LogP contribution in [0.3, 0.4) is 0 Å². The van der Waals surface area contributed by atoms with E-state index in [1.54, 1.807) is 0 Å². The third kappa shape index (κ3) is 2.31. The molecule has 0 unspecified atom stereocenters. The number of rotatable bonds is 1. The molecular formula is C11H9BrF3NO2. The molecule has 1 amide bonds. The van der Waals surface area contributed by atoms with Crippen molar-refractivity contribution in [2.45, 2.75) is 18.9 Å². The number of benzene rings is 1. The summed E-state index contributed by atoms with van der Waals surface area (Å²) in [7, 11) is 0. The van der Waals surface area contributed by atoms with Crippen molar-refractivity contribution in [1.29, 1.82) is 0 Å². The Morgan fingerprint density at radius 3 is 2.83 bits per heavy atom. The van der Waals surface area contributed by atoms with Crippen molar-refractivity contribution in [3.05, 3.63) is 33.5 Å². The first-order chi connectivity index (χ1) is 8.31. The third-order valence-corrected chi connectivity index (χ3v) is 3.10. The van der Waals surface area contributed by atoms with Gasteiger partial charge >= 0.3 is 12.0 Å². The molecule has 1 aromatic carbocycles. The number of alkyl carbamates (subject to hydrolysis) is 1. The summed E-state index contributed by atoms with van der Waals surface area (Å²) in [6.07, 6.45) is -0.983. The summed E-state index contributed by atoms with van der Waals surface area (Å²) in [6.45, 7) is 0.400. The van der Waals surface area contributed by atoms with Crippen LogP contribution in [0, 0.1) is 12.7 Å². The Balaban J connectivity index is 2.49. The molecular weight excluding hydrogens is 315 g/mol. The first-order valence-corrected chi connectivity index (χ1v) is 5.87. The molecule has 0 bridgehead atoms. The fourth-order valence-electron chi connectivity index (χ4n) is 1.78. The SMILES string of the molecule is Cc1cc(Br)cc([C@@H]2NC(=O)OCC2(F)F)c1F. The second kappa shape index (κ2) is 4.46. The van der Waals surface area contributed by atoms with Crippen molar-refractivity contribution in [3.63, 3.8) is 0 Å². The van der Waals surface area contributed by atoms with E-state index < -0.39 is 30.5 Å². The molecule has 0 aromatic heterocycles. The fraction of sp³-hybridized carbons (Fsp3) is 0.364. The highest BCUT2D eigenvalue weighted by atomic mass is 79.9. The van der Waals surface area contributed by atoms with Gasteiger partial charge in [0.15, 0.2) is 6.61 Å². The van der Waals surface area contributed by atoms with Crippen LogP contribution in [0.2, 0.25) is 0 Å². The maximum Gasteiger partial charge on any atom is 0.408 e. The van der Waals surface area contributed by atoms with Gasteiger partial charge in [0, 0.05) is 10.0 Å². The molecule has 98 valence electrons. The van der Waals surface area contributed by atoms with E-state index in [1.807, 2.05) is 5.32 Å². The molecule has 0 radical (unpaired) electrons. The topological polar surface area (TPSA) is 38.3 Å². The maximum atomic E-state index is 13.9. The van der Waals surface area contributed by atoms with Crippen LogP contribution in [-0.4, -0.2) is 18.6 Å². The minimum absolute atomic E-state index is 0.218. The lowest BCUT2D eigenvalue weighted by Crippen LogP contribution is -2.50. The van der Waals surface area contributed by atoms with Gasteiger partial charge in [0.05, 0.1) is 0 Å². The van der Waals surface area contributed by atoms with E-state index >= 15 is 0 Å². The van der Waals surface area contributed by atoms with E-state index in [1.165, 1.54) is 19.1 Å². The molecule has 18 heavy (non-hydrogen) atoms. The molecule has 0 spiro atoms. The summed E-state index contributed by atoms with van der Waals surface area (Å²) in [5, 5.41) is 1.95. The van der Waals surface area contributed by atoms with Gasteiger partial charge in [0.1, 0.15) is 11.9 Å². The molecule has 1 N–H and O–H groups in total. The van der Waals surface area contributed by atoms with E-state index in [2.05, 4.69) is 20.7 Å². The van der Waals surface area contributed by atoms with E-state index in [4.69, 9.17) is 0 Å². The van der Waals surface area contributed by atoms with Crippen LogP contribution in [0.25, 0.3) is 0 Å². The van der Waals surface area contributed by atoms with Crippen LogP contribution in [-0.2, 0) is 4.74 Å². The van der Waals surface area contributed by atoms with Gasteiger partial charge in [-0.3, -0.25) is 0 Å². The van der Waals surface area contributed by atoms with E-state index in [0.717, 1.165) is 0 Å². The molecule has 1 aromatic rings. The number of hydrogen-bond donors (Lipinski definition) is 1. The summed E-state index contributed by atoms with van der Waals surface area (Å²) < 4.78 is 45.9. The number of carbonyl (C=O) groups excluding carboxylic acids is 1. The number of nitrogens with one attached hydrogen (secondary N) is 1. The van der Waals surface area contributed by atoms with Gasteiger partial charge < -0.3 is 10.1 Å². The van der Waals surface area contributed by atoms with Gasteiger partial charge in [-0.25, -0.2) is 18.0 Å². The standard InChI is InChI=1S/C11H9BrF3NO2/c1-5-2-6(12)3-7(8(5)13)9-11(14,15)4-18-10(17)16-9/h2-3,9H,4H2,1H3,(H,16,17)/t9-/m0/s1. The minimum Gasteiger partial charge on any atom is -0.443 e. The molecule has 2 rings (SSSR count). The zero-order chi connectivity index (χ0) is 13.5. The molecule has 1 fully saturated rings. The van der Waals surface area contributed by atoms with Crippen LogP contribution in [0.5, 0.6) is 0 Å². The Morgan fingerprint density at radius 1 is 1.50 bits per heavy atom. The summed E-state index contributed by atoms with van der Waals surface area (Å²) in [5.74, 6) is -4.12. The summed E-state index contributed by atoms with van der Waals surface area (Å²) in [5.41, 5.74) is -0.0422. The van der Waals surface area contributed by atoms with Crippen LogP contribution >= 0.6 is 15.9 Å². The molecule has 1 saturated heterocycles. The molecule has 0 saturated carbocycles. The van der Waals surface area contributed by atoms with Crippen LogP contribution < -0.4 is 5.32 Å². The Bertz CT molecular complexity index is 507. The van der Waals surface area contributed by atoms with Crippen molar-refractivity contribution in [2.24, 2.45) is 0 Å². The largest absolute Gasteiger partial charge is 0.443 e. The first-order valence-electron chi connectivity index (χ1n) is 5.08. The lowest BCUT2D eigenvalue weighted by atomic mass is 9.97. The normalized spacial score (nSPS) is 22.3. The molecule has 1 aliphatic heterocycles. The highest BCUT2D eigenvalue weighted by molar-refractivity contribution is 9.10. The molecule has 3 nitrogen and oxygen atoms in total. The molecule has 1 aliphatic rings. The Kier molecular flexibility index (Phi) is 3.27. The second-order valence-corrected chi connectivity index (χ2v) is 4.96. The summed E-state index contributed by atoms with van der Waals surface area (Å²) in [6, 6.07) is 0.972. The third-order valence-electron chi connectivity index (χ3n) is 2.64. The molecule has 0 aliphatic carbocycles. The van der Waals surface area contributed by atoms with Gasteiger partial charge in [-0.15, -0.1) is 0 Å². The van der Waals surface area contributed by atoms with Crippen LogP contribution in [0.4, 0.5) is 18.0 Å². The fourth-order valence-corrected chi connectivity index (χ4v) is 2.37. The highest BCUT2D eigenvalue weighted by Gasteiger charge is 2.48. The monoisotopic (exact) mass is 323 g/mol. The Labute approximate surface area is 109 Å². The average Bonchev–Trinajstić information content (AvgIpc) is 2.27. The number of ether oxygens (including phenoxy) is 1. The quantitative estimate of drug-likeness (QED) is 0.861. The number of carbonyl (C=O) groups is 1. The van der Waals surface area contributed by atoms with Gasteiger partial charge in [0.2, 0.25) is 0 Å². The van der Waals surface area contributed by atoms with E-state index in [-0.39, 0.29) is 11.1 Å². The van der Waals surface area contributed by atoms with Crippen molar-refractivity contribution in [2.75, 3.05) is 6.61 Å². The van der Waals surface area contributed by atoms with Crippen molar-refractivity contribution in [3.8, 4) is 0 Å². The Morgan fingerprint density at radius 2 is 2.17 bits per heavy atom.